The van der Waals surface area contributed by atoms with Crippen LogP contribution in [-0.4, -0.2) is 24.8 Å². The monoisotopic (exact) mass is 267 g/mol. The number of nitrogens with zero attached hydrogens (tertiary/aromatic N) is 2. The van der Waals surface area contributed by atoms with E-state index < -0.39 is 9.84 Å². The van der Waals surface area contributed by atoms with E-state index in [1.165, 1.54) is 0 Å². The van der Waals surface area contributed by atoms with Crippen LogP contribution in [0, 0.1) is 6.92 Å². The molecular formula is C11H13N3O3S. The highest BCUT2D eigenvalue weighted by Crippen LogP contribution is 2.26. The number of hydrogen-bond acceptors (Lipinski definition) is 6. The lowest BCUT2D eigenvalue weighted by Gasteiger charge is -2.02. The SMILES string of the molecule is Cc1cccc(-c2nc(CS(C)(=O)=O)no2)c1N. The van der Waals surface area contributed by atoms with E-state index in [0.717, 1.165) is 11.8 Å². The minimum atomic E-state index is -3.18. The van der Waals surface area contributed by atoms with Crippen molar-refractivity contribution in [1.82, 2.24) is 10.1 Å². The van der Waals surface area contributed by atoms with E-state index >= 15 is 0 Å². The molecule has 0 bridgehead atoms. The Balaban J connectivity index is 2.38. The molecule has 0 fully saturated rings. The molecule has 0 spiro atoms. The van der Waals surface area contributed by atoms with Gasteiger partial charge in [0.1, 0.15) is 5.75 Å². The van der Waals surface area contributed by atoms with Crippen LogP contribution in [0.15, 0.2) is 22.7 Å². The zero-order chi connectivity index (χ0) is 13.3. The molecule has 0 atom stereocenters. The largest absolute Gasteiger partial charge is 0.398 e. The van der Waals surface area contributed by atoms with Crippen LogP contribution in [0.5, 0.6) is 0 Å². The number of aromatic nitrogens is 2. The van der Waals surface area contributed by atoms with E-state index in [4.69, 9.17) is 10.3 Å². The Morgan fingerprint density at radius 1 is 1.39 bits per heavy atom. The molecule has 1 aromatic carbocycles. The van der Waals surface area contributed by atoms with Crippen molar-refractivity contribution < 1.29 is 12.9 Å². The first-order chi connectivity index (χ1) is 8.37. The first-order valence-corrected chi connectivity index (χ1v) is 7.28. The zero-order valence-electron chi connectivity index (χ0n) is 10.0. The van der Waals surface area contributed by atoms with Gasteiger partial charge in [0, 0.05) is 11.9 Å². The second kappa shape index (κ2) is 4.41. The molecule has 1 heterocycles. The van der Waals surface area contributed by atoms with Crippen LogP contribution >= 0.6 is 0 Å². The molecular weight excluding hydrogens is 254 g/mol. The number of aryl methyl sites for hydroxylation is 1. The van der Waals surface area contributed by atoms with Crippen molar-refractivity contribution in [2.45, 2.75) is 12.7 Å². The third-order valence-electron chi connectivity index (χ3n) is 2.41. The van der Waals surface area contributed by atoms with Gasteiger partial charge < -0.3 is 10.3 Å². The van der Waals surface area contributed by atoms with Crippen LogP contribution in [0.3, 0.4) is 0 Å². The summed E-state index contributed by atoms with van der Waals surface area (Å²) >= 11 is 0. The molecule has 7 heteroatoms. The molecule has 0 saturated carbocycles. The summed E-state index contributed by atoms with van der Waals surface area (Å²) in [5.74, 6) is 0.116. The lowest BCUT2D eigenvalue weighted by atomic mass is 10.1. The number of rotatable bonds is 3. The Morgan fingerprint density at radius 2 is 2.11 bits per heavy atom. The van der Waals surface area contributed by atoms with E-state index in [-0.39, 0.29) is 17.5 Å². The smallest absolute Gasteiger partial charge is 0.260 e. The summed E-state index contributed by atoms with van der Waals surface area (Å²) in [4.78, 5) is 4.03. The Morgan fingerprint density at radius 3 is 2.78 bits per heavy atom. The molecule has 18 heavy (non-hydrogen) atoms. The molecule has 2 N–H and O–H groups in total. The molecule has 0 unspecified atom stereocenters. The van der Waals surface area contributed by atoms with Gasteiger partial charge in [0.05, 0.1) is 5.56 Å². The van der Waals surface area contributed by atoms with Crippen molar-refractivity contribution >= 4 is 15.5 Å². The van der Waals surface area contributed by atoms with E-state index in [1.54, 1.807) is 6.07 Å². The van der Waals surface area contributed by atoms with Crippen LogP contribution in [-0.2, 0) is 15.6 Å². The fourth-order valence-corrected chi connectivity index (χ4v) is 2.11. The summed E-state index contributed by atoms with van der Waals surface area (Å²) in [5.41, 5.74) is 7.96. The van der Waals surface area contributed by atoms with Gasteiger partial charge in [-0.25, -0.2) is 8.42 Å². The van der Waals surface area contributed by atoms with Crippen molar-refractivity contribution in [3.05, 3.63) is 29.6 Å². The van der Waals surface area contributed by atoms with Crippen LogP contribution in [0.25, 0.3) is 11.5 Å². The van der Waals surface area contributed by atoms with Crippen molar-refractivity contribution in [3.8, 4) is 11.5 Å². The quantitative estimate of drug-likeness (QED) is 0.838. The third kappa shape index (κ3) is 2.67. The molecule has 2 rings (SSSR count). The molecule has 2 aromatic rings. The standard InChI is InChI=1S/C11H13N3O3S/c1-7-4-3-5-8(10(7)12)11-13-9(14-17-11)6-18(2,15)16/h3-5H,6,12H2,1-2H3. The maximum atomic E-state index is 11.1. The summed E-state index contributed by atoms with van der Waals surface area (Å²) in [7, 11) is -3.18. The number of para-hydroxylation sites is 1. The van der Waals surface area contributed by atoms with Crippen molar-refractivity contribution in [2.75, 3.05) is 12.0 Å². The highest BCUT2D eigenvalue weighted by Gasteiger charge is 2.15. The van der Waals surface area contributed by atoms with Gasteiger partial charge in [-0.3, -0.25) is 0 Å². The Kier molecular flexibility index (Phi) is 3.08. The summed E-state index contributed by atoms with van der Waals surface area (Å²) in [6.45, 7) is 1.87. The maximum absolute atomic E-state index is 11.1. The fourth-order valence-electron chi connectivity index (χ4n) is 1.52. The molecule has 0 aliphatic heterocycles. The minimum Gasteiger partial charge on any atom is -0.398 e. The maximum Gasteiger partial charge on any atom is 0.260 e. The van der Waals surface area contributed by atoms with Crippen molar-refractivity contribution in [1.29, 1.82) is 0 Å². The van der Waals surface area contributed by atoms with Gasteiger partial charge in [0.25, 0.3) is 5.89 Å². The molecule has 96 valence electrons. The number of anilines is 1. The topological polar surface area (TPSA) is 99.1 Å². The van der Waals surface area contributed by atoms with E-state index in [9.17, 15) is 8.42 Å². The van der Waals surface area contributed by atoms with Crippen LogP contribution in [0.2, 0.25) is 0 Å². The lowest BCUT2D eigenvalue weighted by molar-refractivity contribution is 0.424. The fraction of sp³-hybridized carbons (Fsp3) is 0.273. The summed E-state index contributed by atoms with van der Waals surface area (Å²) in [5, 5.41) is 3.63. The highest BCUT2D eigenvalue weighted by molar-refractivity contribution is 7.89. The molecule has 0 amide bonds. The van der Waals surface area contributed by atoms with E-state index in [0.29, 0.717) is 11.3 Å². The van der Waals surface area contributed by atoms with Gasteiger partial charge in [0.15, 0.2) is 15.7 Å². The van der Waals surface area contributed by atoms with Gasteiger partial charge in [-0.2, -0.15) is 4.98 Å². The normalized spacial score (nSPS) is 11.7. The van der Waals surface area contributed by atoms with Gasteiger partial charge in [-0.05, 0) is 18.6 Å². The molecule has 0 radical (unpaired) electrons. The third-order valence-corrected chi connectivity index (χ3v) is 3.20. The van der Waals surface area contributed by atoms with Gasteiger partial charge in [-0.15, -0.1) is 0 Å². The predicted octanol–water partition coefficient (Wildman–Crippen LogP) is 1.17. The lowest BCUT2D eigenvalue weighted by Crippen LogP contribution is -2.02. The average molecular weight is 267 g/mol. The number of sulfone groups is 1. The Hall–Kier alpha value is -1.89. The van der Waals surface area contributed by atoms with Gasteiger partial charge in [-0.1, -0.05) is 17.3 Å². The van der Waals surface area contributed by atoms with Crippen LogP contribution in [0.4, 0.5) is 5.69 Å². The average Bonchev–Trinajstić information content (AvgIpc) is 2.68. The zero-order valence-corrected chi connectivity index (χ0v) is 10.9. The second-order valence-corrected chi connectivity index (χ2v) is 6.26. The number of nitrogen functional groups attached to an aromatic ring is 1. The highest BCUT2D eigenvalue weighted by atomic mass is 32.2. The van der Waals surface area contributed by atoms with Gasteiger partial charge >= 0.3 is 0 Å². The molecule has 0 aliphatic carbocycles. The molecule has 0 aliphatic rings. The second-order valence-electron chi connectivity index (χ2n) is 4.12. The first kappa shape index (κ1) is 12.6. The first-order valence-electron chi connectivity index (χ1n) is 5.22. The number of nitrogens with two attached hydrogens (primary N) is 1. The van der Waals surface area contributed by atoms with Crippen LogP contribution in [0.1, 0.15) is 11.4 Å². The predicted molar refractivity (Wildman–Crippen MR) is 67.4 cm³/mol. The number of hydrogen-bond donors (Lipinski definition) is 1. The molecule has 0 saturated heterocycles. The van der Waals surface area contributed by atoms with Crippen molar-refractivity contribution in [2.24, 2.45) is 0 Å². The molecule has 6 nitrogen and oxygen atoms in total. The Bertz CT molecular complexity index is 677. The van der Waals surface area contributed by atoms with Crippen LogP contribution < -0.4 is 5.73 Å². The summed E-state index contributed by atoms with van der Waals surface area (Å²) < 4.78 is 27.3. The van der Waals surface area contributed by atoms with E-state index in [2.05, 4.69) is 10.1 Å². The van der Waals surface area contributed by atoms with Crippen molar-refractivity contribution in [3.63, 3.8) is 0 Å². The number of benzene rings is 1. The summed E-state index contributed by atoms with van der Waals surface area (Å²) in [6, 6.07) is 5.44. The summed E-state index contributed by atoms with van der Waals surface area (Å²) in [6.07, 6.45) is 1.12. The Labute approximate surface area is 105 Å². The minimum absolute atomic E-state index is 0.133. The van der Waals surface area contributed by atoms with Gasteiger partial charge in [0.2, 0.25) is 0 Å². The van der Waals surface area contributed by atoms with E-state index in [1.807, 2.05) is 19.1 Å². The molecule has 1 aromatic heterocycles.